The summed E-state index contributed by atoms with van der Waals surface area (Å²) in [5.74, 6) is 0. The number of likely N-dealkylation sites (N-methyl/N-ethyl adjacent to an activating group) is 2. The minimum atomic E-state index is -4.41. The molecule has 9 nitrogen and oxygen atoms in total. The first-order valence-corrected chi connectivity index (χ1v) is 8.97. The molecule has 4 N–H and O–H groups in total. The number of hydrazine groups is 1. The molecule has 0 saturated carbocycles. The number of nitrogens with zero attached hydrogens (tertiary/aromatic N) is 4. The van der Waals surface area contributed by atoms with Gasteiger partial charge in [-0.05, 0) is 22.8 Å². The van der Waals surface area contributed by atoms with Crippen molar-refractivity contribution in [3.05, 3.63) is 35.4 Å². The van der Waals surface area contributed by atoms with Crippen LogP contribution in [0, 0.1) is 0 Å². The molecule has 0 amide bonds. The van der Waals surface area contributed by atoms with E-state index < -0.39 is 55.2 Å². The van der Waals surface area contributed by atoms with Gasteiger partial charge < -0.3 is 25.2 Å². The molecule has 1 saturated heterocycles. The maximum atomic E-state index is 12.7. The standard InChI is InChI=1S/C17H24F3N4O5/c1-22-12(7-9-3-5-10(6-4-9)17(18,19)20)23(2)24(21-22)16-15(28)14(27)13(26)11(8-25)29-16/h3-6,11-16,25-28H,7-8H2,1-2H3/q+1. The fraction of sp³-hybridized carbons (Fsp3) is 0.647. The minimum absolute atomic E-state index is 0.322. The molecule has 3 rings (SSSR count). The Kier molecular flexibility index (Phi) is 6.13. The molecule has 1 aromatic rings. The van der Waals surface area contributed by atoms with E-state index in [-0.39, 0.29) is 0 Å². The van der Waals surface area contributed by atoms with Crippen molar-refractivity contribution in [3.63, 3.8) is 0 Å². The molecule has 0 aromatic heterocycles. The number of halogens is 3. The number of aliphatic hydroxyl groups is 4. The highest BCUT2D eigenvalue weighted by molar-refractivity contribution is 5.25. The van der Waals surface area contributed by atoms with Crippen LogP contribution in [-0.2, 0) is 17.3 Å². The van der Waals surface area contributed by atoms with Gasteiger partial charge in [-0.3, -0.25) is 0 Å². The third-order valence-corrected chi connectivity index (χ3v) is 5.21. The minimum Gasteiger partial charge on any atom is -0.394 e. The molecule has 6 unspecified atom stereocenters. The van der Waals surface area contributed by atoms with Gasteiger partial charge in [-0.25, -0.2) is 0 Å². The van der Waals surface area contributed by atoms with Crippen molar-refractivity contribution in [3.8, 4) is 0 Å². The first kappa shape index (κ1) is 21.9. The summed E-state index contributed by atoms with van der Waals surface area (Å²) in [7, 11) is 3.29. The molecule has 2 aliphatic rings. The Labute approximate surface area is 164 Å². The second kappa shape index (κ2) is 8.13. The predicted octanol–water partition coefficient (Wildman–Crippen LogP) is -0.454. The van der Waals surface area contributed by atoms with Crippen LogP contribution in [0.25, 0.3) is 0 Å². The van der Waals surface area contributed by atoms with Gasteiger partial charge in [-0.15, -0.1) is 4.70 Å². The number of hydrogen-bond donors (Lipinski definition) is 4. The monoisotopic (exact) mass is 421 g/mol. The van der Waals surface area contributed by atoms with E-state index in [1.807, 2.05) is 0 Å². The normalized spacial score (nSPS) is 33.8. The lowest BCUT2D eigenvalue weighted by Crippen LogP contribution is -2.64. The Morgan fingerprint density at radius 1 is 1.10 bits per heavy atom. The van der Waals surface area contributed by atoms with Crippen LogP contribution in [0.5, 0.6) is 0 Å². The molecule has 0 spiro atoms. The number of aliphatic hydroxyl groups excluding tert-OH is 4. The average molecular weight is 421 g/mol. The highest BCUT2D eigenvalue weighted by Gasteiger charge is 2.53. The summed E-state index contributed by atoms with van der Waals surface area (Å²) in [6, 6.07) is 4.80. The fourth-order valence-electron chi connectivity index (χ4n) is 3.45. The van der Waals surface area contributed by atoms with Crippen LogP contribution in [0.15, 0.2) is 29.5 Å². The first-order valence-electron chi connectivity index (χ1n) is 8.97. The Morgan fingerprint density at radius 2 is 1.72 bits per heavy atom. The van der Waals surface area contributed by atoms with Gasteiger partial charge in [0.2, 0.25) is 6.17 Å². The van der Waals surface area contributed by atoms with Gasteiger partial charge in [0.15, 0.2) is 6.10 Å². The smallest absolute Gasteiger partial charge is 0.394 e. The molecular formula is C17H24F3N4O5+. The Balaban J connectivity index is 1.74. The molecule has 0 radical (unpaired) electrons. The number of alkyl halides is 3. The van der Waals surface area contributed by atoms with Crippen molar-refractivity contribution in [1.29, 1.82) is 0 Å². The zero-order valence-electron chi connectivity index (χ0n) is 15.8. The average Bonchev–Trinajstić information content (AvgIpc) is 2.94. The lowest BCUT2D eigenvalue weighted by atomic mass is 9.98. The Morgan fingerprint density at radius 3 is 2.28 bits per heavy atom. The van der Waals surface area contributed by atoms with E-state index in [9.17, 15) is 33.6 Å². The van der Waals surface area contributed by atoms with E-state index in [0.717, 1.165) is 12.1 Å². The molecule has 6 atom stereocenters. The molecule has 29 heavy (non-hydrogen) atoms. The molecule has 0 bridgehead atoms. The quantitative estimate of drug-likeness (QED) is 0.487. The van der Waals surface area contributed by atoms with Crippen molar-refractivity contribution in [1.82, 2.24) is 10.1 Å². The molecule has 0 aliphatic carbocycles. The van der Waals surface area contributed by atoms with Gasteiger partial charge in [0.1, 0.15) is 23.5 Å². The summed E-state index contributed by atoms with van der Waals surface area (Å²) in [6.45, 7) is -0.566. The van der Waals surface area contributed by atoms with Crippen molar-refractivity contribution in [2.24, 2.45) is 5.22 Å². The highest BCUT2D eigenvalue weighted by Crippen LogP contribution is 2.31. The summed E-state index contributed by atoms with van der Waals surface area (Å²) in [6.07, 6.45) is -11.3. The van der Waals surface area contributed by atoms with Gasteiger partial charge in [-0.2, -0.15) is 13.2 Å². The van der Waals surface area contributed by atoms with Crippen LogP contribution in [0.1, 0.15) is 11.1 Å². The van der Waals surface area contributed by atoms with Crippen molar-refractivity contribution >= 4 is 0 Å². The second-order valence-corrected chi connectivity index (χ2v) is 7.16. The second-order valence-electron chi connectivity index (χ2n) is 7.16. The van der Waals surface area contributed by atoms with E-state index in [4.69, 9.17) is 4.74 Å². The van der Waals surface area contributed by atoms with Crippen molar-refractivity contribution in [2.75, 3.05) is 20.7 Å². The molecule has 1 fully saturated rings. The highest BCUT2D eigenvalue weighted by atomic mass is 19.4. The third kappa shape index (κ3) is 4.22. The molecule has 2 aliphatic heterocycles. The van der Waals surface area contributed by atoms with E-state index in [2.05, 4.69) is 5.22 Å². The molecule has 2 heterocycles. The summed E-state index contributed by atoms with van der Waals surface area (Å²) in [5.41, 5.74) is -0.0884. The SMILES string of the molecule is CN1C(Cc2ccc(C(F)(F)F)cc2)[N+](C)=NN1C1OC(CO)C(O)C(O)C1O. The maximum absolute atomic E-state index is 12.7. The van der Waals surface area contributed by atoms with Gasteiger partial charge in [-0.1, -0.05) is 17.1 Å². The molecule has 1 aromatic carbocycles. The van der Waals surface area contributed by atoms with Crippen LogP contribution in [0.4, 0.5) is 13.2 Å². The van der Waals surface area contributed by atoms with Gasteiger partial charge in [0.05, 0.1) is 19.2 Å². The number of hydrogen-bond acceptors (Lipinski definition) is 8. The zero-order valence-corrected chi connectivity index (χ0v) is 15.8. The molecule has 12 heteroatoms. The van der Waals surface area contributed by atoms with Gasteiger partial charge in [0.25, 0.3) is 6.23 Å². The maximum Gasteiger partial charge on any atom is 0.416 e. The van der Waals surface area contributed by atoms with Crippen LogP contribution >= 0.6 is 0 Å². The largest absolute Gasteiger partial charge is 0.416 e. The summed E-state index contributed by atoms with van der Waals surface area (Å²) >= 11 is 0. The third-order valence-electron chi connectivity index (χ3n) is 5.21. The van der Waals surface area contributed by atoms with Crippen LogP contribution in [0.3, 0.4) is 0 Å². The van der Waals surface area contributed by atoms with Gasteiger partial charge in [0, 0.05) is 13.5 Å². The number of benzene rings is 1. The van der Waals surface area contributed by atoms with Crippen LogP contribution < -0.4 is 0 Å². The topological polar surface area (TPSA) is 112 Å². The lowest BCUT2D eigenvalue weighted by molar-refractivity contribution is -0.602. The first-order chi connectivity index (χ1) is 13.5. The Bertz CT molecular complexity index is 746. The van der Waals surface area contributed by atoms with Crippen molar-refractivity contribution < 1.29 is 43.0 Å². The van der Waals surface area contributed by atoms with E-state index in [1.165, 1.54) is 17.3 Å². The lowest BCUT2D eigenvalue weighted by Gasteiger charge is -2.40. The van der Waals surface area contributed by atoms with Crippen LogP contribution in [-0.4, -0.2) is 92.8 Å². The van der Waals surface area contributed by atoms with E-state index in [1.54, 1.807) is 23.8 Å². The van der Waals surface area contributed by atoms with E-state index >= 15 is 0 Å². The van der Waals surface area contributed by atoms with E-state index in [0.29, 0.717) is 12.0 Å². The summed E-state index contributed by atoms with van der Waals surface area (Å²) < 4.78 is 45.2. The molecular weight excluding hydrogens is 397 g/mol. The number of ether oxygens (including phenoxy) is 1. The molecule has 162 valence electrons. The fourth-order valence-corrected chi connectivity index (χ4v) is 3.45. The van der Waals surface area contributed by atoms with Crippen molar-refractivity contribution in [2.45, 2.75) is 49.4 Å². The van der Waals surface area contributed by atoms with Crippen LogP contribution in [0.2, 0.25) is 0 Å². The zero-order chi connectivity index (χ0) is 21.5. The summed E-state index contributed by atoms with van der Waals surface area (Å²) in [5, 5.41) is 46.7. The Hall–Kier alpha value is -1.83. The number of rotatable bonds is 4. The summed E-state index contributed by atoms with van der Waals surface area (Å²) in [4.78, 5) is 0. The predicted molar refractivity (Wildman–Crippen MR) is 90.9 cm³/mol. The van der Waals surface area contributed by atoms with Gasteiger partial charge >= 0.3 is 6.18 Å².